The van der Waals surface area contributed by atoms with Crippen molar-refractivity contribution in [2.75, 3.05) is 18.6 Å². The van der Waals surface area contributed by atoms with Crippen LogP contribution in [0.25, 0.3) is 0 Å². The summed E-state index contributed by atoms with van der Waals surface area (Å²) in [6, 6.07) is -2.50. The molecule has 1 fully saturated rings. The second kappa shape index (κ2) is 10.9. The maximum atomic E-state index is 12.4. The van der Waals surface area contributed by atoms with Crippen LogP contribution in [0.1, 0.15) is 32.1 Å². The van der Waals surface area contributed by atoms with Crippen LogP contribution in [-0.4, -0.2) is 70.6 Å². The zero-order valence-electron chi connectivity index (χ0n) is 14.1. The topological polar surface area (TPSA) is 145 Å². The van der Waals surface area contributed by atoms with E-state index in [0.29, 0.717) is 18.6 Å². The van der Waals surface area contributed by atoms with Crippen LogP contribution in [0, 0.1) is 0 Å². The van der Waals surface area contributed by atoms with Gasteiger partial charge in [-0.3, -0.25) is 14.4 Å². The molecule has 10 heteroatoms. The quantitative estimate of drug-likeness (QED) is 0.322. The molecule has 0 spiro atoms. The molecule has 5 N–H and O–H groups in total. The van der Waals surface area contributed by atoms with Crippen LogP contribution < -0.4 is 16.0 Å². The molecule has 1 aliphatic heterocycles. The lowest BCUT2D eigenvalue weighted by molar-refractivity contribution is -0.143. The first-order valence-electron chi connectivity index (χ1n) is 8.12. The van der Waals surface area contributed by atoms with Gasteiger partial charge >= 0.3 is 11.9 Å². The number of carbonyl (C=O) groups is 4. The molecule has 25 heavy (non-hydrogen) atoms. The largest absolute Gasteiger partial charge is 0.481 e. The summed E-state index contributed by atoms with van der Waals surface area (Å²) in [5.74, 6) is -2.72. The molecule has 0 aliphatic carbocycles. The molecule has 1 heterocycles. The Balaban J connectivity index is 2.67. The maximum Gasteiger partial charge on any atom is 0.326 e. The van der Waals surface area contributed by atoms with Crippen LogP contribution in [0.5, 0.6) is 0 Å². The van der Waals surface area contributed by atoms with Gasteiger partial charge in [0.15, 0.2) is 0 Å². The van der Waals surface area contributed by atoms with Crippen LogP contribution in [-0.2, 0) is 19.2 Å². The van der Waals surface area contributed by atoms with Gasteiger partial charge in [-0.2, -0.15) is 11.8 Å². The Hall–Kier alpha value is -1.81. The fourth-order valence-electron chi connectivity index (χ4n) is 2.48. The van der Waals surface area contributed by atoms with E-state index in [1.807, 2.05) is 6.26 Å². The summed E-state index contributed by atoms with van der Waals surface area (Å²) in [6.07, 6.45) is 3.21. The van der Waals surface area contributed by atoms with Crippen LogP contribution >= 0.6 is 11.8 Å². The SMILES string of the molecule is CSCCC(NC(=O)C1CCCN1)C(=O)NC(CCC(=O)O)C(=O)O. The van der Waals surface area contributed by atoms with Crippen molar-refractivity contribution >= 4 is 35.5 Å². The number of hydrogen-bond acceptors (Lipinski definition) is 6. The molecule has 2 amide bonds. The lowest BCUT2D eigenvalue weighted by Gasteiger charge is -2.22. The number of aliphatic carboxylic acids is 2. The molecule has 0 aromatic carbocycles. The molecular formula is C15H25N3O6S. The molecule has 142 valence electrons. The van der Waals surface area contributed by atoms with Gasteiger partial charge < -0.3 is 26.2 Å². The van der Waals surface area contributed by atoms with E-state index in [0.717, 1.165) is 13.0 Å². The summed E-state index contributed by atoms with van der Waals surface area (Å²) < 4.78 is 0. The Morgan fingerprint density at radius 2 is 1.88 bits per heavy atom. The molecule has 1 saturated heterocycles. The molecule has 3 unspecified atom stereocenters. The van der Waals surface area contributed by atoms with Gasteiger partial charge in [-0.1, -0.05) is 0 Å². The summed E-state index contributed by atoms with van der Waals surface area (Å²) in [5, 5.41) is 25.8. The number of rotatable bonds is 11. The molecule has 0 radical (unpaired) electrons. The Labute approximate surface area is 150 Å². The highest BCUT2D eigenvalue weighted by atomic mass is 32.2. The number of amides is 2. The van der Waals surface area contributed by atoms with E-state index in [9.17, 15) is 19.2 Å². The van der Waals surface area contributed by atoms with Crippen LogP contribution in [0.3, 0.4) is 0 Å². The third-order valence-electron chi connectivity index (χ3n) is 3.88. The van der Waals surface area contributed by atoms with Crippen molar-refractivity contribution in [3.63, 3.8) is 0 Å². The van der Waals surface area contributed by atoms with Crippen molar-refractivity contribution in [3.05, 3.63) is 0 Å². The predicted molar refractivity (Wildman–Crippen MR) is 92.4 cm³/mol. The van der Waals surface area contributed by atoms with Crippen molar-refractivity contribution < 1.29 is 29.4 Å². The first kappa shape index (κ1) is 21.2. The third kappa shape index (κ3) is 7.74. The average molecular weight is 375 g/mol. The molecule has 1 rings (SSSR count). The predicted octanol–water partition coefficient (Wildman–Crippen LogP) is -0.589. The summed E-state index contributed by atoms with van der Waals surface area (Å²) >= 11 is 1.51. The zero-order chi connectivity index (χ0) is 18.8. The Morgan fingerprint density at radius 3 is 2.40 bits per heavy atom. The molecule has 0 bridgehead atoms. The number of carbonyl (C=O) groups excluding carboxylic acids is 2. The van der Waals surface area contributed by atoms with Crippen LogP contribution in [0.4, 0.5) is 0 Å². The van der Waals surface area contributed by atoms with E-state index >= 15 is 0 Å². The van der Waals surface area contributed by atoms with Gasteiger partial charge in [0, 0.05) is 6.42 Å². The van der Waals surface area contributed by atoms with E-state index in [2.05, 4.69) is 16.0 Å². The molecule has 0 aromatic rings. The van der Waals surface area contributed by atoms with Crippen LogP contribution in [0.2, 0.25) is 0 Å². The second-order valence-electron chi connectivity index (χ2n) is 5.82. The van der Waals surface area contributed by atoms with E-state index in [1.54, 1.807) is 0 Å². The highest BCUT2D eigenvalue weighted by Crippen LogP contribution is 2.08. The number of carboxylic acids is 2. The van der Waals surface area contributed by atoms with Crippen molar-refractivity contribution in [1.29, 1.82) is 0 Å². The zero-order valence-corrected chi connectivity index (χ0v) is 14.9. The van der Waals surface area contributed by atoms with Crippen molar-refractivity contribution in [2.24, 2.45) is 0 Å². The number of thioether (sulfide) groups is 1. The van der Waals surface area contributed by atoms with Gasteiger partial charge in [-0.05, 0) is 44.2 Å². The van der Waals surface area contributed by atoms with E-state index in [4.69, 9.17) is 10.2 Å². The van der Waals surface area contributed by atoms with Crippen molar-refractivity contribution in [3.8, 4) is 0 Å². The number of nitrogens with one attached hydrogen (secondary N) is 3. The minimum Gasteiger partial charge on any atom is -0.481 e. The fraction of sp³-hybridized carbons (Fsp3) is 0.733. The van der Waals surface area contributed by atoms with E-state index in [1.165, 1.54) is 11.8 Å². The molecule has 1 aliphatic rings. The van der Waals surface area contributed by atoms with E-state index in [-0.39, 0.29) is 24.8 Å². The van der Waals surface area contributed by atoms with Gasteiger partial charge in [-0.15, -0.1) is 0 Å². The molecule has 9 nitrogen and oxygen atoms in total. The average Bonchev–Trinajstić information content (AvgIpc) is 3.08. The highest BCUT2D eigenvalue weighted by molar-refractivity contribution is 7.98. The second-order valence-corrected chi connectivity index (χ2v) is 6.81. The standard InChI is InChI=1S/C15H25N3O6S/c1-25-8-6-10(17-13(21)9-3-2-7-16-9)14(22)18-11(15(23)24)4-5-12(19)20/h9-11,16H,2-8H2,1H3,(H,17,21)(H,18,22)(H,19,20)(H,23,24). The third-order valence-corrected chi connectivity index (χ3v) is 4.53. The van der Waals surface area contributed by atoms with Crippen molar-refractivity contribution in [1.82, 2.24) is 16.0 Å². The van der Waals surface area contributed by atoms with Crippen molar-refractivity contribution in [2.45, 2.75) is 50.2 Å². The smallest absolute Gasteiger partial charge is 0.326 e. The monoisotopic (exact) mass is 375 g/mol. The van der Waals surface area contributed by atoms with Gasteiger partial charge in [-0.25, -0.2) is 4.79 Å². The molecule has 3 atom stereocenters. The summed E-state index contributed by atoms with van der Waals surface area (Å²) in [5.41, 5.74) is 0. The normalized spacial score (nSPS) is 19.0. The molecule has 0 aromatic heterocycles. The lowest BCUT2D eigenvalue weighted by atomic mass is 10.1. The van der Waals surface area contributed by atoms with Gasteiger partial charge in [0.05, 0.1) is 6.04 Å². The molecule has 0 saturated carbocycles. The summed E-state index contributed by atoms with van der Waals surface area (Å²) in [4.78, 5) is 46.4. The highest BCUT2D eigenvalue weighted by Gasteiger charge is 2.29. The molecular weight excluding hydrogens is 350 g/mol. The van der Waals surface area contributed by atoms with E-state index < -0.39 is 29.9 Å². The minimum absolute atomic E-state index is 0.218. The number of carboxylic acid groups (broad SMARTS) is 2. The van der Waals surface area contributed by atoms with Gasteiger partial charge in [0.25, 0.3) is 0 Å². The van der Waals surface area contributed by atoms with Crippen LogP contribution in [0.15, 0.2) is 0 Å². The lowest BCUT2D eigenvalue weighted by Crippen LogP contribution is -2.54. The minimum atomic E-state index is -1.30. The Kier molecular flexibility index (Phi) is 9.28. The Bertz CT molecular complexity index is 496. The number of hydrogen-bond donors (Lipinski definition) is 5. The summed E-state index contributed by atoms with van der Waals surface area (Å²) in [6.45, 7) is 0.746. The van der Waals surface area contributed by atoms with Gasteiger partial charge in [0.2, 0.25) is 11.8 Å². The first-order chi connectivity index (χ1) is 11.8. The first-order valence-corrected chi connectivity index (χ1v) is 9.52. The van der Waals surface area contributed by atoms with Gasteiger partial charge in [0.1, 0.15) is 12.1 Å². The summed E-state index contributed by atoms with van der Waals surface area (Å²) in [7, 11) is 0. The fourth-order valence-corrected chi connectivity index (χ4v) is 2.95. The Morgan fingerprint density at radius 1 is 1.16 bits per heavy atom. The maximum absolute atomic E-state index is 12.4.